The number of benzene rings is 3. The SMILES string of the molecule is NC(=O)OC1(c2ccc(-n3c(-c4cccnc4N)nc4ccc(-c5cccc(N6CCO[C@@H](COCc7ccccc7)C6)c5)nc43)cc2)CCC1. The summed E-state index contributed by atoms with van der Waals surface area (Å²) in [5.41, 5.74) is 19.0. The second-order valence-corrected chi connectivity index (χ2v) is 13.1. The van der Waals surface area contributed by atoms with E-state index in [0.29, 0.717) is 42.7 Å². The summed E-state index contributed by atoms with van der Waals surface area (Å²) in [7, 11) is 0. The van der Waals surface area contributed by atoms with Crippen LogP contribution in [0.4, 0.5) is 16.3 Å². The molecular weight excluding hydrogens is 642 g/mol. The Balaban J connectivity index is 1.10. The summed E-state index contributed by atoms with van der Waals surface area (Å²) in [6.07, 6.45) is 3.30. The average Bonchev–Trinajstić information content (AvgIpc) is 3.52. The number of rotatable bonds is 10. The van der Waals surface area contributed by atoms with Gasteiger partial charge < -0.3 is 30.6 Å². The minimum atomic E-state index is -0.768. The number of aromatic nitrogens is 4. The minimum absolute atomic E-state index is 0.0267. The molecule has 11 heteroatoms. The van der Waals surface area contributed by atoms with Crippen LogP contribution in [0.2, 0.25) is 0 Å². The second kappa shape index (κ2) is 13.9. The summed E-state index contributed by atoms with van der Waals surface area (Å²) in [4.78, 5) is 28.6. The third-order valence-corrected chi connectivity index (χ3v) is 9.75. The molecule has 2 aliphatic rings. The van der Waals surface area contributed by atoms with E-state index in [2.05, 4.69) is 46.3 Å². The Morgan fingerprint density at radius 3 is 2.53 bits per heavy atom. The lowest BCUT2D eigenvalue weighted by Crippen LogP contribution is -2.44. The summed E-state index contributed by atoms with van der Waals surface area (Å²) < 4.78 is 19.7. The first-order valence-corrected chi connectivity index (χ1v) is 17.2. The van der Waals surface area contributed by atoms with Gasteiger partial charge in [-0.15, -0.1) is 0 Å². The zero-order valence-corrected chi connectivity index (χ0v) is 28.2. The number of morpholine rings is 1. The molecule has 258 valence electrons. The van der Waals surface area contributed by atoms with Crippen LogP contribution in [-0.4, -0.2) is 58.0 Å². The predicted molar refractivity (Wildman–Crippen MR) is 196 cm³/mol. The fraction of sp³-hybridized carbons (Fsp3) is 0.250. The van der Waals surface area contributed by atoms with E-state index >= 15 is 0 Å². The maximum absolute atomic E-state index is 11.7. The van der Waals surface area contributed by atoms with Crippen molar-refractivity contribution < 1.29 is 19.0 Å². The van der Waals surface area contributed by atoms with Crippen LogP contribution in [0.1, 0.15) is 30.4 Å². The number of hydrogen-bond donors (Lipinski definition) is 2. The lowest BCUT2D eigenvalue weighted by molar-refractivity contribution is -0.0489. The molecule has 1 saturated carbocycles. The highest BCUT2D eigenvalue weighted by Gasteiger charge is 2.42. The fourth-order valence-electron chi connectivity index (χ4n) is 7.00. The molecular formula is C40H39N7O4. The lowest BCUT2D eigenvalue weighted by atomic mass is 9.75. The molecule has 0 radical (unpaired) electrons. The highest BCUT2D eigenvalue weighted by molar-refractivity contribution is 5.85. The minimum Gasteiger partial charge on any atom is -0.438 e. The zero-order valence-electron chi connectivity index (χ0n) is 28.2. The summed E-state index contributed by atoms with van der Waals surface area (Å²) in [5.74, 6) is 0.999. The van der Waals surface area contributed by atoms with Gasteiger partial charge in [-0.1, -0.05) is 54.6 Å². The number of pyridine rings is 2. The summed E-state index contributed by atoms with van der Waals surface area (Å²) in [5, 5.41) is 0. The van der Waals surface area contributed by atoms with E-state index in [9.17, 15) is 4.79 Å². The van der Waals surface area contributed by atoms with Crippen LogP contribution in [0.25, 0.3) is 39.5 Å². The number of fused-ring (bicyclic) bond motifs is 1. The molecule has 1 aliphatic carbocycles. The van der Waals surface area contributed by atoms with E-state index in [4.69, 9.17) is 35.6 Å². The molecule has 8 rings (SSSR count). The highest BCUT2D eigenvalue weighted by atomic mass is 16.6. The number of amides is 1. The maximum atomic E-state index is 11.7. The Morgan fingerprint density at radius 1 is 0.922 bits per heavy atom. The Hall–Kier alpha value is -5.78. The van der Waals surface area contributed by atoms with Gasteiger partial charge in [0, 0.05) is 36.2 Å². The van der Waals surface area contributed by atoms with Crippen LogP contribution in [0.15, 0.2) is 109 Å². The molecule has 1 aliphatic heterocycles. The zero-order chi connectivity index (χ0) is 34.8. The third-order valence-electron chi connectivity index (χ3n) is 9.75. The topological polar surface area (TPSA) is 144 Å². The molecule has 6 aromatic rings. The molecule has 1 amide bonds. The summed E-state index contributed by atoms with van der Waals surface area (Å²) >= 11 is 0. The Kier molecular flexibility index (Phi) is 8.81. The first-order chi connectivity index (χ1) is 25.0. The van der Waals surface area contributed by atoms with Crippen LogP contribution < -0.4 is 16.4 Å². The monoisotopic (exact) mass is 681 g/mol. The van der Waals surface area contributed by atoms with Crippen molar-refractivity contribution in [2.75, 3.05) is 36.9 Å². The van der Waals surface area contributed by atoms with Crippen LogP contribution in [-0.2, 0) is 26.4 Å². The van der Waals surface area contributed by atoms with Gasteiger partial charge in [-0.3, -0.25) is 4.57 Å². The van der Waals surface area contributed by atoms with E-state index in [0.717, 1.165) is 71.6 Å². The van der Waals surface area contributed by atoms with Gasteiger partial charge in [-0.25, -0.2) is 19.7 Å². The molecule has 3 aromatic carbocycles. The van der Waals surface area contributed by atoms with E-state index < -0.39 is 11.7 Å². The summed E-state index contributed by atoms with van der Waals surface area (Å²) in [6.45, 7) is 3.23. The first-order valence-electron chi connectivity index (χ1n) is 17.2. The van der Waals surface area contributed by atoms with Gasteiger partial charge in [0.15, 0.2) is 11.5 Å². The quantitative estimate of drug-likeness (QED) is 0.163. The smallest absolute Gasteiger partial charge is 0.405 e. The number of carbonyl (C=O) groups is 1. The van der Waals surface area contributed by atoms with Gasteiger partial charge >= 0.3 is 6.09 Å². The van der Waals surface area contributed by atoms with Gasteiger partial charge in [-0.2, -0.15) is 0 Å². The number of imidazole rings is 1. The van der Waals surface area contributed by atoms with E-state index in [1.165, 1.54) is 0 Å². The van der Waals surface area contributed by atoms with E-state index in [-0.39, 0.29) is 6.10 Å². The first kappa shape index (κ1) is 32.4. The molecule has 0 unspecified atom stereocenters. The number of nitrogens with two attached hydrogens (primary N) is 2. The number of nitrogen functional groups attached to an aromatic ring is 1. The van der Waals surface area contributed by atoms with Gasteiger partial charge in [0.25, 0.3) is 0 Å². The van der Waals surface area contributed by atoms with Gasteiger partial charge in [0.05, 0.1) is 37.2 Å². The number of hydrogen-bond acceptors (Lipinski definition) is 9. The van der Waals surface area contributed by atoms with Gasteiger partial charge in [0.2, 0.25) is 0 Å². The Labute approximate surface area is 295 Å². The molecule has 0 spiro atoms. The van der Waals surface area contributed by atoms with Gasteiger partial charge in [-0.05, 0) is 78.9 Å². The van der Waals surface area contributed by atoms with E-state index in [1.807, 2.05) is 71.3 Å². The molecule has 4 heterocycles. The number of nitrogens with zero attached hydrogens (tertiary/aromatic N) is 5. The lowest BCUT2D eigenvalue weighted by Gasteiger charge is -2.40. The molecule has 4 N–H and O–H groups in total. The van der Waals surface area contributed by atoms with Crippen molar-refractivity contribution in [3.8, 4) is 28.3 Å². The number of carbonyl (C=O) groups excluding carboxylic acids is 1. The van der Waals surface area contributed by atoms with Crippen molar-refractivity contribution in [3.05, 3.63) is 120 Å². The third kappa shape index (κ3) is 6.61. The molecule has 1 saturated heterocycles. The van der Waals surface area contributed by atoms with Crippen molar-refractivity contribution in [3.63, 3.8) is 0 Å². The van der Waals surface area contributed by atoms with Crippen LogP contribution in [0.5, 0.6) is 0 Å². The van der Waals surface area contributed by atoms with Crippen molar-refractivity contribution in [1.29, 1.82) is 0 Å². The van der Waals surface area contributed by atoms with E-state index in [1.54, 1.807) is 6.20 Å². The summed E-state index contributed by atoms with van der Waals surface area (Å²) in [6, 6.07) is 34.3. The molecule has 3 aromatic heterocycles. The van der Waals surface area contributed by atoms with Crippen LogP contribution >= 0.6 is 0 Å². The molecule has 2 fully saturated rings. The fourth-order valence-corrected chi connectivity index (χ4v) is 7.00. The Bertz CT molecular complexity index is 2170. The van der Waals surface area contributed by atoms with Crippen molar-refractivity contribution in [1.82, 2.24) is 19.5 Å². The van der Waals surface area contributed by atoms with Crippen LogP contribution in [0, 0.1) is 0 Å². The second-order valence-electron chi connectivity index (χ2n) is 13.1. The van der Waals surface area contributed by atoms with Crippen LogP contribution in [0.3, 0.4) is 0 Å². The standard InChI is InChI=1S/C40H39N7O4/c41-36-33(11-5-20-43-36)37-45-35-17-16-34(44-38(35)47(37)30-14-12-29(13-15-30)40(18-6-19-40)51-39(42)48)28-9-4-10-31(23-28)46-21-22-50-32(24-46)26-49-25-27-7-2-1-3-8-27/h1-5,7-17,20,23,32H,6,18-19,21-22,24-26H2,(H2,41,43)(H2,42,48)/t32-/m1/s1. The largest absolute Gasteiger partial charge is 0.438 e. The maximum Gasteiger partial charge on any atom is 0.405 e. The predicted octanol–water partition coefficient (Wildman–Crippen LogP) is 6.63. The van der Waals surface area contributed by atoms with Crippen molar-refractivity contribution >= 4 is 28.8 Å². The average molecular weight is 682 g/mol. The van der Waals surface area contributed by atoms with Gasteiger partial charge in [0.1, 0.15) is 16.9 Å². The normalized spacial score (nSPS) is 16.9. The highest BCUT2D eigenvalue weighted by Crippen LogP contribution is 2.45. The van der Waals surface area contributed by atoms with Crippen molar-refractivity contribution in [2.45, 2.75) is 37.6 Å². The molecule has 51 heavy (non-hydrogen) atoms. The number of anilines is 2. The number of primary amides is 1. The molecule has 1 atom stereocenters. The number of ether oxygens (including phenoxy) is 3. The molecule has 0 bridgehead atoms. The molecule has 11 nitrogen and oxygen atoms in total. The van der Waals surface area contributed by atoms with Crippen molar-refractivity contribution in [2.24, 2.45) is 5.73 Å². The Morgan fingerprint density at radius 2 is 1.76 bits per heavy atom.